The van der Waals surface area contributed by atoms with Crippen molar-refractivity contribution in [1.29, 1.82) is 5.26 Å². The van der Waals surface area contributed by atoms with Crippen LogP contribution in [-0.4, -0.2) is 59.4 Å². The Kier molecular flexibility index (Phi) is 7.22. The Morgan fingerprint density at radius 2 is 2.02 bits per heavy atom. The molecule has 2 aromatic carbocycles. The van der Waals surface area contributed by atoms with E-state index in [-0.39, 0.29) is 11.6 Å². The molecule has 0 bridgehead atoms. The Bertz CT molecular complexity index is 1490. The fourth-order valence-electron chi connectivity index (χ4n) is 7.55. The molecule has 0 aliphatic carbocycles. The van der Waals surface area contributed by atoms with Gasteiger partial charge in [-0.25, -0.2) is 4.39 Å². The van der Waals surface area contributed by atoms with Crippen molar-refractivity contribution in [2.75, 3.05) is 37.7 Å². The highest BCUT2D eigenvalue weighted by Gasteiger charge is 2.49. The Labute approximate surface area is 245 Å². The SMILES string of the molecule is N#CC[C@@H]1CCCN(c2nc(OC[C@@]34CCCN3C[C@H](F)C4)nc3c2CO[C@H](c2cccc4cccc(Cl)c24)C3)C1. The van der Waals surface area contributed by atoms with E-state index in [4.69, 9.17) is 31.0 Å². The summed E-state index contributed by atoms with van der Waals surface area (Å²) >= 11 is 6.67. The number of nitrogens with zero attached hydrogens (tertiary/aromatic N) is 5. The molecule has 0 radical (unpaired) electrons. The van der Waals surface area contributed by atoms with Gasteiger partial charge in [-0.05, 0) is 55.2 Å². The highest BCUT2D eigenvalue weighted by molar-refractivity contribution is 6.35. The van der Waals surface area contributed by atoms with Crippen LogP contribution in [0.4, 0.5) is 10.2 Å². The van der Waals surface area contributed by atoms with Gasteiger partial charge < -0.3 is 14.4 Å². The zero-order valence-electron chi connectivity index (χ0n) is 23.2. The van der Waals surface area contributed by atoms with Crippen LogP contribution in [0.15, 0.2) is 36.4 Å². The van der Waals surface area contributed by atoms with Gasteiger partial charge in [0.15, 0.2) is 0 Å². The maximum absolute atomic E-state index is 14.4. The van der Waals surface area contributed by atoms with E-state index >= 15 is 0 Å². The molecule has 4 aliphatic heterocycles. The van der Waals surface area contributed by atoms with Gasteiger partial charge >= 0.3 is 6.01 Å². The summed E-state index contributed by atoms with van der Waals surface area (Å²) < 4.78 is 27.3. The molecule has 0 amide bonds. The molecule has 5 heterocycles. The molecule has 3 saturated heterocycles. The Balaban J connectivity index is 1.23. The van der Waals surface area contributed by atoms with Crippen LogP contribution in [0, 0.1) is 17.2 Å². The summed E-state index contributed by atoms with van der Waals surface area (Å²) in [5.41, 5.74) is 2.69. The number of nitriles is 1. The lowest BCUT2D eigenvalue weighted by Gasteiger charge is -2.36. The molecular formula is C32H35ClFN5O2. The number of halogens is 2. The molecule has 9 heteroatoms. The second-order valence-corrected chi connectivity index (χ2v) is 12.5. The number of alkyl halides is 1. The molecule has 4 atom stereocenters. The third-order valence-electron chi connectivity index (χ3n) is 9.52. The number of hydrogen-bond donors (Lipinski definition) is 0. The molecule has 0 saturated carbocycles. The highest BCUT2D eigenvalue weighted by atomic mass is 35.5. The molecular weight excluding hydrogens is 541 g/mol. The van der Waals surface area contributed by atoms with Gasteiger partial charge in [0, 0.05) is 54.9 Å². The summed E-state index contributed by atoms with van der Waals surface area (Å²) in [5, 5.41) is 12.1. The van der Waals surface area contributed by atoms with Crippen LogP contribution in [0.5, 0.6) is 6.01 Å². The topological polar surface area (TPSA) is 74.5 Å². The van der Waals surface area contributed by atoms with Crippen molar-refractivity contribution in [2.45, 2.75) is 69.4 Å². The molecule has 0 unspecified atom stereocenters. The van der Waals surface area contributed by atoms with Gasteiger partial charge in [-0.1, -0.05) is 41.9 Å². The molecule has 0 spiro atoms. The number of ether oxygens (including phenoxy) is 2. The Morgan fingerprint density at radius 1 is 1.15 bits per heavy atom. The van der Waals surface area contributed by atoms with Crippen molar-refractivity contribution < 1.29 is 13.9 Å². The Hall–Kier alpha value is -2.99. The van der Waals surface area contributed by atoms with Crippen LogP contribution < -0.4 is 9.64 Å². The average molecular weight is 576 g/mol. The van der Waals surface area contributed by atoms with Crippen molar-refractivity contribution >= 4 is 28.2 Å². The standard InChI is InChI=1S/C32H35ClFN5O2/c33-26-9-2-7-22-6-1-8-24(29(22)26)28-15-27-25(19-40-28)30(38-13-3-5-21(17-38)10-12-35)37-31(36-27)41-20-32-11-4-14-39(32)18-23(34)16-32/h1-2,6-9,21,23,28H,3-5,10-11,13-20H2/t21-,23+,28-,32-/m0/s1. The van der Waals surface area contributed by atoms with Crippen molar-refractivity contribution in [3.05, 3.63) is 58.2 Å². The highest BCUT2D eigenvalue weighted by Crippen LogP contribution is 2.42. The lowest BCUT2D eigenvalue weighted by atomic mass is 9.93. The number of anilines is 1. The Morgan fingerprint density at radius 3 is 2.90 bits per heavy atom. The van der Waals surface area contributed by atoms with Crippen molar-refractivity contribution in [3.8, 4) is 12.1 Å². The van der Waals surface area contributed by atoms with Crippen LogP contribution in [0.1, 0.15) is 61.4 Å². The molecule has 214 valence electrons. The minimum atomic E-state index is -0.810. The van der Waals surface area contributed by atoms with Crippen LogP contribution >= 0.6 is 11.6 Å². The van der Waals surface area contributed by atoms with E-state index in [0.717, 1.165) is 78.7 Å². The number of aromatic nitrogens is 2. The number of fused-ring (bicyclic) bond motifs is 3. The maximum Gasteiger partial charge on any atom is 0.318 e. The second-order valence-electron chi connectivity index (χ2n) is 12.1. The first-order chi connectivity index (χ1) is 20.0. The van der Waals surface area contributed by atoms with Crippen LogP contribution in [-0.2, 0) is 17.8 Å². The van der Waals surface area contributed by atoms with Gasteiger partial charge in [0.1, 0.15) is 18.6 Å². The third-order valence-corrected chi connectivity index (χ3v) is 9.84. The zero-order valence-corrected chi connectivity index (χ0v) is 24.0. The third kappa shape index (κ3) is 5.03. The smallest absolute Gasteiger partial charge is 0.318 e. The van der Waals surface area contributed by atoms with E-state index in [9.17, 15) is 9.65 Å². The molecule has 4 aliphatic rings. The molecule has 41 heavy (non-hydrogen) atoms. The fraction of sp³-hybridized carbons (Fsp3) is 0.531. The van der Waals surface area contributed by atoms with E-state index in [2.05, 4.69) is 34.1 Å². The molecule has 3 aromatic rings. The predicted molar refractivity (Wildman–Crippen MR) is 156 cm³/mol. The lowest BCUT2D eigenvalue weighted by molar-refractivity contribution is 0.0263. The maximum atomic E-state index is 14.4. The molecule has 7 rings (SSSR count). The lowest BCUT2D eigenvalue weighted by Crippen LogP contribution is -2.43. The summed E-state index contributed by atoms with van der Waals surface area (Å²) in [7, 11) is 0. The predicted octanol–water partition coefficient (Wildman–Crippen LogP) is 6.18. The van der Waals surface area contributed by atoms with E-state index in [1.54, 1.807) is 0 Å². The molecule has 1 aromatic heterocycles. The van der Waals surface area contributed by atoms with Crippen molar-refractivity contribution in [1.82, 2.24) is 14.9 Å². The first-order valence-corrected chi connectivity index (χ1v) is 15.2. The van der Waals surface area contributed by atoms with E-state index in [1.807, 2.05) is 18.2 Å². The average Bonchev–Trinajstić information content (AvgIpc) is 3.51. The van der Waals surface area contributed by atoms with Gasteiger partial charge in [-0.3, -0.25) is 4.90 Å². The monoisotopic (exact) mass is 575 g/mol. The number of benzene rings is 2. The van der Waals surface area contributed by atoms with E-state index < -0.39 is 6.17 Å². The van der Waals surface area contributed by atoms with Crippen LogP contribution in [0.25, 0.3) is 10.8 Å². The van der Waals surface area contributed by atoms with Crippen molar-refractivity contribution in [3.63, 3.8) is 0 Å². The molecule has 7 nitrogen and oxygen atoms in total. The first-order valence-electron chi connectivity index (χ1n) is 14.9. The normalized spacial score (nSPS) is 27.9. The number of piperidine rings is 1. The largest absolute Gasteiger partial charge is 0.461 e. The first kappa shape index (κ1) is 26.9. The van der Waals surface area contributed by atoms with Gasteiger partial charge in [0.25, 0.3) is 0 Å². The minimum absolute atomic E-state index is 0.208. The van der Waals surface area contributed by atoms with Gasteiger partial charge in [-0.15, -0.1) is 0 Å². The van der Waals surface area contributed by atoms with E-state index in [1.165, 1.54) is 0 Å². The van der Waals surface area contributed by atoms with Gasteiger partial charge in [-0.2, -0.15) is 15.2 Å². The van der Waals surface area contributed by atoms with Crippen molar-refractivity contribution in [2.24, 2.45) is 5.92 Å². The number of rotatable bonds is 6. The zero-order chi connectivity index (χ0) is 28.0. The summed E-state index contributed by atoms with van der Waals surface area (Å²) in [6.45, 7) is 3.83. The molecule has 3 fully saturated rings. The summed E-state index contributed by atoms with van der Waals surface area (Å²) in [6.07, 6.45) is 4.65. The summed E-state index contributed by atoms with van der Waals surface area (Å²) in [6, 6.07) is 14.8. The van der Waals surface area contributed by atoms with Gasteiger partial charge in [0.2, 0.25) is 0 Å². The molecule has 0 N–H and O–H groups in total. The summed E-state index contributed by atoms with van der Waals surface area (Å²) in [4.78, 5) is 14.4. The van der Waals surface area contributed by atoms with E-state index in [0.29, 0.717) is 56.0 Å². The van der Waals surface area contributed by atoms with Gasteiger partial charge in [0.05, 0.1) is 30.0 Å². The summed E-state index contributed by atoms with van der Waals surface area (Å²) in [5.74, 6) is 1.15. The van der Waals surface area contributed by atoms with Crippen LogP contribution in [0.3, 0.4) is 0 Å². The minimum Gasteiger partial charge on any atom is -0.461 e. The fourth-order valence-corrected chi connectivity index (χ4v) is 7.84. The second kappa shape index (κ2) is 11.0. The number of hydrogen-bond acceptors (Lipinski definition) is 7. The quantitative estimate of drug-likeness (QED) is 0.347. The van der Waals surface area contributed by atoms with Crippen LogP contribution in [0.2, 0.25) is 5.02 Å².